The molecule has 0 amide bonds. The fraction of sp³-hybridized carbons (Fsp3) is 0.133. The number of halogens is 1. The van der Waals surface area contributed by atoms with Crippen molar-refractivity contribution in [2.75, 3.05) is 7.11 Å². The molecule has 0 unspecified atom stereocenters. The standard InChI is InChI=1S/C15H15FN2OS/c1-19-13-4-2-3-5-14(13)20-9-10-6-7-11(16)8-12(10)15(17)18/h2-8H,9H2,1H3,(H3,17,18). The van der Waals surface area contributed by atoms with Crippen LogP contribution in [0.25, 0.3) is 0 Å². The van der Waals surface area contributed by atoms with E-state index < -0.39 is 0 Å². The van der Waals surface area contributed by atoms with Crippen molar-refractivity contribution >= 4 is 17.6 Å². The normalized spacial score (nSPS) is 10.3. The number of methoxy groups -OCH3 is 1. The van der Waals surface area contributed by atoms with Crippen molar-refractivity contribution in [1.82, 2.24) is 0 Å². The first kappa shape index (κ1) is 14.4. The maximum absolute atomic E-state index is 13.2. The fourth-order valence-corrected chi connectivity index (χ4v) is 2.85. The van der Waals surface area contributed by atoms with Crippen LogP contribution in [0.1, 0.15) is 11.1 Å². The zero-order valence-electron chi connectivity index (χ0n) is 11.0. The third-order valence-electron chi connectivity index (χ3n) is 2.81. The minimum absolute atomic E-state index is 0.125. The number of ether oxygens (including phenoxy) is 1. The third-order valence-corrected chi connectivity index (χ3v) is 3.92. The molecule has 0 heterocycles. The highest BCUT2D eigenvalue weighted by atomic mass is 32.2. The summed E-state index contributed by atoms with van der Waals surface area (Å²) in [6.07, 6.45) is 0. The maximum atomic E-state index is 13.2. The van der Waals surface area contributed by atoms with Gasteiger partial charge in [0.15, 0.2) is 0 Å². The second kappa shape index (κ2) is 6.43. The molecule has 0 aliphatic rings. The van der Waals surface area contributed by atoms with Gasteiger partial charge in [-0.15, -0.1) is 11.8 Å². The molecule has 104 valence electrons. The van der Waals surface area contributed by atoms with Crippen LogP contribution in [0.3, 0.4) is 0 Å². The highest BCUT2D eigenvalue weighted by Gasteiger charge is 2.09. The predicted octanol–water partition coefficient (Wildman–Crippen LogP) is 3.41. The minimum Gasteiger partial charge on any atom is -0.496 e. The van der Waals surface area contributed by atoms with Gasteiger partial charge in [0.05, 0.1) is 7.11 Å². The lowest BCUT2D eigenvalue weighted by Gasteiger charge is -2.10. The highest BCUT2D eigenvalue weighted by Crippen LogP contribution is 2.32. The maximum Gasteiger partial charge on any atom is 0.132 e. The van der Waals surface area contributed by atoms with Crippen molar-refractivity contribution in [3.63, 3.8) is 0 Å². The van der Waals surface area contributed by atoms with Crippen molar-refractivity contribution in [3.8, 4) is 5.75 Å². The van der Waals surface area contributed by atoms with Crippen LogP contribution >= 0.6 is 11.8 Å². The predicted molar refractivity (Wildman–Crippen MR) is 80.0 cm³/mol. The van der Waals surface area contributed by atoms with Crippen LogP contribution in [0.4, 0.5) is 4.39 Å². The lowest BCUT2D eigenvalue weighted by Crippen LogP contribution is -2.13. The quantitative estimate of drug-likeness (QED) is 0.504. The SMILES string of the molecule is COc1ccccc1SCc1ccc(F)cc1C(=N)N. The van der Waals surface area contributed by atoms with Gasteiger partial charge in [0.2, 0.25) is 0 Å². The van der Waals surface area contributed by atoms with Gasteiger partial charge >= 0.3 is 0 Å². The Labute approximate surface area is 121 Å². The number of amidine groups is 1. The number of hydrogen-bond donors (Lipinski definition) is 2. The van der Waals surface area contributed by atoms with Crippen LogP contribution in [0, 0.1) is 11.2 Å². The van der Waals surface area contributed by atoms with E-state index in [0.717, 1.165) is 16.2 Å². The fourth-order valence-electron chi connectivity index (χ4n) is 1.82. The Morgan fingerprint density at radius 2 is 2.05 bits per heavy atom. The Hall–Kier alpha value is -2.01. The van der Waals surface area contributed by atoms with Crippen molar-refractivity contribution in [1.29, 1.82) is 5.41 Å². The molecule has 3 N–H and O–H groups in total. The molecule has 0 aliphatic carbocycles. The molecule has 3 nitrogen and oxygen atoms in total. The molecule has 20 heavy (non-hydrogen) atoms. The van der Waals surface area contributed by atoms with Gasteiger partial charge in [-0.1, -0.05) is 18.2 Å². The number of nitrogens with one attached hydrogen (secondary N) is 1. The molecule has 0 bridgehead atoms. The minimum atomic E-state index is -0.388. The second-order valence-electron chi connectivity index (χ2n) is 4.15. The molecule has 0 aromatic heterocycles. The zero-order chi connectivity index (χ0) is 14.5. The molecular weight excluding hydrogens is 275 g/mol. The van der Waals surface area contributed by atoms with Crippen molar-refractivity contribution in [2.45, 2.75) is 10.6 Å². The van der Waals surface area contributed by atoms with E-state index in [4.69, 9.17) is 15.9 Å². The first-order valence-corrected chi connectivity index (χ1v) is 6.99. The summed E-state index contributed by atoms with van der Waals surface area (Å²) in [6, 6.07) is 12.0. The van der Waals surface area contributed by atoms with Crippen LogP contribution in [0.5, 0.6) is 5.75 Å². The van der Waals surface area contributed by atoms with Crippen molar-refractivity contribution in [3.05, 3.63) is 59.4 Å². The molecule has 0 atom stereocenters. The van der Waals surface area contributed by atoms with Gasteiger partial charge in [-0.2, -0.15) is 0 Å². The number of nitrogens with two attached hydrogens (primary N) is 1. The van der Waals surface area contributed by atoms with Crippen LogP contribution < -0.4 is 10.5 Å². The van der Waals surface area contributed by atoms with Gasteiger partial charge in [0.25, 0.3) is 0 Å². The Morgan fingerprint density at radius 1 is 1.30 bits per heavy atom. The van der Waals surface area contributed by atoms with Gasteiger partial charge in [-0.25, -0.2) is 4.39 Å². The van der Waals surface area contributed by atoms with E-state index in [9.17, 15) is 4.39 Å². The summed E-state index contributed by atoms with van der Waals surface area (Å²) in [7, 11) is 1.62. The van der Waals surface area contributed by atoms with E-state index in [1.165, 1.54) is 12.1 Å². The number of benzene rings is 2. The number of hydrogen-bond acceptors (Lipinski definition) is 3. The van der Waals surface area contributed by atoms with E-state index in [-0.39, 0.29) is 11.7 Å². The van der Waals surface area contributed by atoms with E-state index in [0.29, 0.717) is 11.3 Å². The molecule has 0 radical (unpaired) electrons. The Balaban J connectivity index is 2.21. The topological polar surface area (TPSA) is 59.1 Å². The van der Waals surface area contributed by atoms with Crippen molar-refractivity contribution < 1.29 is 9.13 Å². The molecule has 2 aromatic rings. The largest absolute Gasteiger partial charge is 0.496 e. The molecule has 5 heteroatoms. The first-order valence-electron chi connectivity index (χ1n) is 6.00. The summed E-state index contributed by atoms with van der Waals surface area (Å²) >= 11 is 1.56. The third kappa shape index (κ3) is 3.30. The summed E-state index contributed by atoms with van der Waals surface area (Å²) in [5.74, 6) is 0.876. The smallest absolute Gasteiger partial charge is 0.132 e. The van der Waals surface area contributed by atoms with Crippen LogP contribution in [-0.4, -0.2) is 12.9 Å². The molecule has 0 saturated heterocycles. The second-order valence-corrected chi connectivity index (χ2v) is 5.17. The average Bonchev–Trinajstić information content (AvgIpc) is 2.46. The Morgan fingerprint density at radius 3 is 2.75 bits per heavy atom. The highest BCUT2D eigenvalue weighted by molar-refractivity contribution is 7.98. The molecule has 2 aromatic carbocycles. The monoisotopic (exact) mass is 290 g/mol. The molecule has 0 fully saturated rings. The van der Waals surface area contributed by atoms with Gasteiger partial charge in [0, 0.05) is 16.2 Å². The number of thioether (sulfide) groups is 1. The summed E-state index contributed by atoms with van der Waals surface area (Å²) < 4.78 is 18.5. The summed E-state index contributed by atoms with van der Waals surface area (Å²) in [6.45, 7) is 0. The van der Waals surface area contributed by atoms with Crippen LogP contribution in [0.2, 0.25) is 0 Å². The van der Waals surface area contributed by atoms with E-state index in [1.807, 2.05) is 24.3 Å². The van der Waals surface area contributed by atoms with Gasteiger partial charge in [-0.3, -0.25) is 5.41 Å². The van der Waals surface area contributed by atoms with Gasteiger partial charge in [-0.05, 0) is 29.8 Å². The number of rotatable bonds is 5. The van der Waals surface area contributed by atoms with E-state index in [2.05, 4.69) is 0 Å². The molecule has 0 saturated carbocycles. The number of para-hydroxylation sites is 1. The molecule has 2 rings (SSSR count). The van der Waals surface area contributed by atoms with E-state index >= 15 is 0 Å². The summed E-state index contributed by atoms with van der Waals surface area (Å²) in [4.78, 5) is 0.994. The van der Waals surface area contributed by atoms with Crippen molar-refractivity contribution in [2.24, 2.45) is 5.73 Å². The zero-order valence-corrected chi connectivity index (χ0v) is 11.8. The molecule has 0 aliphatic heterocycles. The Bertz CT molecular complexity index is 631. The summed E-state index contributed by atoms with van der Waals surface area (Å²) in [5, 5.41) is 7.51. The Kier molecular flexibility index (Phi) is 4.63. The van der Waals surface area contributed by atoms with Gasteiger partial charge < -0.3 is 10.5 Å². The van der Waals surface area contributed by atoms with Gasteiger partial charge in [0.1, 0.15) is 17.4 Å². The van der Waals surface area contributed by atoms with Crippen LogP contribution in [0.15, 0.2) is 47.4 Å². The molecular formula is C15H15FN2OS. The van der Waals surface area contributed by atoms with Crippen LogP contribution in [-0.2, 0) is 5.75 Å². The molecule has 0 spiro atoms. The summed E-state index contributed by atoms with van der Waals surface area (Å²) in [5.41, 5.74) is 6.76. The average molecular weight is 290 g/mol. The lowest BCUT2D eigenvalue weighted by molar-refractivity contribution is 0.405. The first-order chi connectivity index (χ1) is 9.61. The van der Waals surface area contributed by atoms with E-state index in [1.54, 1.807) is 24.9 Å². The lowest BCUT2D eigenvalue weighted by atomic mass is 10.1. The number of nitrogen functional groups attached to an aromatic ring is 1.